The molecule has 2 atom stereocenters. The maximum absolute atomic E-state index is 11.6. The van der Waals surface area contributed by atoms with E-state index in [1.807, 2.05) is 13.8 Å². The van der Waals surface area contributed by atoms with Gasteiger partial charge in [0.05, 0.1) is 16.8 Å². The molecule has 0 aromatic carbocycles. The highest BCUT2D eigenvalue weighted by molar-refractivity contribution is 5.76. The molecule has 0 amide bonds. The summed E-state index contributed by atoms with van der Waals surface area (Å²) in [5.41, 5.74) is 1.08. The molecule has 1 aliphatic rings. The van der Waals surface area contributed by atoms with Gasteiger partial charge in [0, 0.05) is 6.04 Å². The molecule has 1 fully saturated rings. The summed E-state index contributed by atoms with van der Waals surface area (Å²) < 4.78 is 0. The number of aryl methyl sites for hydroxylation is 2. The van der Waals surface area contributed by atoms with Crippen LogP contribution in [0.4, 0.5) is 5.95 Å². The highest BCUT2D eigenvalue weighted by Gasteiger charge is 2.43. The average Bonchev–Trinajstić information content (AvgIpc) is 2.49. The Balaban J connectivity index is 2.21. The number of rotatable bonds is 5. The van der Waals surface area contributed by atoms with Crippen LogP contribution in [0.2, 0.25) is 0 Å². The molecule has 21 heavy (non-hydrogen) atoms. The number of nitrogens with zero attached hydrogens (tertiary/aromatic N) is 3. The molecule has 116 valence electrons. The first kappa shape index (κ1) is 15.7. The first-order chi connectivity index (χ1) is 10.0. The van der Waals surface area contributed by atoms with Crippen LogP contribution in [0, 0.1) is 5.41 Å². The van der Waals surface area contributed by atoms with Crippen molar-refractivity contribution in [3.05, 3.63) is 11.4 Å². The molecule has 0 saturated heterocycles. The zero-order valence-corrected chi connectivity index (χ0v) is 13.0. The Morgan fingerprint density at radius 1 is 1.29 bits per heavy atom. The second-order valence-corrected chi connectivity index (χ2v) is 5.90. The maximum Gasteiger partial charge on any atom is 0.311 e. The summed E-state index contributed by atoms with van der Waals surface area (Å²) in [6.07, 6.45) is 5.09. The van der Waals surface area contributed by atoms with Gasteiger partial charge in [-0.05, 0) is 32.6 Å². The molecule has 6 nitrogen and oxygen atoms in total. The van der Waals surface area contributed by atoms with E-state index >= 15 is 0 Å². The van der Waals surface area contributed by atoms with Crippen LogP contribution in [0.15, 0.2) is 0 Å². The average molecular weight is 292 g/mol. The first-order valence-electron chi connectivity index (χ1n) is 7.73. The second kappa shape index (κ2) is 6.37. The van der Waals surface area contributed by atoms with Crippen LogP contribution in [-0.2, 0) is 17.6 Å². The van der Waals surface area contributed by atoms with Gasteiger partial charge in [-0.15, -0.1) is 5.10 Å². The number of carboxylic acids is 1. The number of aromatic nitrogens is 3. The number of carboxylic acid groups (broad SMARTS) is 1. The molecule has 1 saturated carbocycles. The van der Waals surface area contributed by atoms with E-state index in [4.69, 9.17) is 0 Å². The molecule has 1 aromatic rings. The molecule has 2 N–H and O–H groups in total. The first-order valence-corrected chi connectivity index (χ1v) is 7.73. The highest BCUT2D eigenvalue weighted by Crippen LogP contribution is 2.37. The normalized spacial score (nSPS) is 25.6. The summed E-state index contributed by atoms with van der Waals surface area (Å²) in [5, 5.41) is 21.1. The second-order valence-electron chi connectivity index (χ2n) is 5.90. The van der Waals surface area contributed by atoms with Gasteiger partial charge < -0.3 is 10.4 Å². The van der Waals surface area contributed by atoms with Gasteiger partial charge in [0.15, 0.2) is 0 Å². The van der Waals surface area contributed by atoms with Gasteiger partial charge in [-0.25, -0.2) is 4.98 Å². The van der Waals surface area contributed by atoms with E-state index in [9.17, 15) is 9.90 Å². The Bertz CT molecular complexity index is 520. The molecule has 1 aliphatic carbocycles. The molecule has 6 heteroatoms. The number of aliphatic carboxylic acids is 1. The third-order valence-electron chi connectivity index (χ3n) is 4.51. The summed E-state index contributed by atoms with van der Waals surface area (Å²) in [4.78, 5) is 16.1. The number of hydrogen-bond donors (Lipinski definition) is 2. The molecule has 0 spiro atoms. The van der Waals surface area contributed by atoms with Crippen LogP contribution in [0.3, 0.4) is 0 Å². The monoisotopic (exact) mass is 292 g/mol. The van der Waals surface area contributed by atoms with E-state index in [1.165, 1.54) is 0 Å². The largest absolute Gasteiger partial charge is 0.481 e. The van der Waals surface area contributed by atoms with Crippen molar-refractivity contribution in [1.29, 1.82) is 0 Å². The molecular weight excluding hydrogens is 268 g/mol. The minimum Gasteiger partial charge on any atom is -0.481 e. The molecule has 2 rings (SSSR count). The van der Waals surface area contributed by atoms with Gasteiger partial charge in [0.2, 0.25) is 5.95 Å². The topological polar surface area (TPSA) is 88.0 Å². The van der Waals surface area contributed by atoms with Gasteiger partial charge in [0.25, 0.3) is 0 Å². The SMILES string of the molecule is CCc1nnc(NC2CCCCC2(C)C(=O)O)nc1CC. The number of carbonyl (C=O) groups is 1. The van der Waals surface area contributed by atoms with Crippen molar-refractivity contribution in [3.63, 3.8) is 0 Å². The van der Waals surface area contributed by atoms with E-state index in [2.05, 4.69) is 20.5 Å². The molecule has 0 bridgehead atoms. The quantitative estimate of drug-likeness (QED) is 0.866. The predicted molar refractivity (Wildman–Crippen MR) is 80.2 cm³/mol. The van der Waals surface area contributed by atoms with Gasteiger partial charge in [-0.1, -0.05) is 26.7 Å². The maximum atomic E-state index is 11.6. The van der Waals surface area contributed by atoms with Crippen molar-refractivity contribution in [2.45, 2.75) is 65.3 Å². The van der Waals surface area contributed by atoms with Crippen LogP contribution >= 0.6 is 0 Å². The fourth-order valence-corrected chi connectivity index (χ4v) is 2.98. The Labute approximate surface area is 125 Å². The number of nitrogens with one attached hydrogen (secondary N) is 1. The van der Waals surface area contributed by atoms with Crippen LogP contribution in [0.25, 0.3) is 0 Å². The van der Waals surface area contributed by atoms with E-state index in [-0.39, 0.29) is 6.04 Å². The third kappa shape index (κ3) is 3.14. The Morgan fingerprint density at radius 3 is 2.62 bits per heavy atom. The minimum atomic E-state index is -0.766. The Morgan fingerprint density at radius 2 is 2.00 bits per heavy atom. The van der Waals surface area contributed by atoms with Crippen LogP contribution in [0.5, 0.6) is 0 Å². The zero-order valence-electron chi connectivity index (χ0n) is 13.0. The summed E-state index contributed by atoms with van der Waals surface area (Å²) in [6, 6.07) is -0.150. The molecule has 0 radical (unpaired) electrons. The van der Waals surface area contributed by atoms with Gasteiger partial charge >= 0.3 is 5.97 Å². The van der Waals surface area contributed by atoms with E-state index in [1.54, 1.807) is 6.92 Å². The third-order valence-corrected chi connectivity index (χ3v) is 4.51. The lowest BCUT2D eigenvalue weighted by atomic mass is 9.72. The van der Waals surface area contributed by atoms with Crippen molar-refractivity contribution >= 4 is 11.9 Å². The molecular formula is C15H24N4O2. The standard InChI is InChI=1S/C15H24N4O2/c1-4-10-11(5-2)18-19-14(16-10)17-12-8-6-7-9-15(12,3)13(20)21/h12H,4-9H2,1-3H3,(H,20,21)(H,16,17,19). The smallest absolute Gasteiger partial charge is 0.311 e. The summed E-state index contributed by atoms with van der Waals surface area (Å²) in [6.45, 7) is 5.87. The summed E-state index contributed by atoms with van der Waals surface area (Å²) in [7, 11) is 0. The molecule has 2 unspecified atom stereocenters. The van der Waals surface area contributed by atoms with Crippen LogP contribution in [-0.4, -0.2) is 32.3 Å². The summed E-state index contributed by atoms with van der Waals surface area (Å²) >= 11 is 0. The van der Waals surface area contributed by atoms with Gasteiger partial charge in [0.1, 0.15) is 0 Å². The fourth-order valence-electron chi connectivity index (χ4n) is 2.98. The van der Waals surface area contributed by atoms with Gasteiger partial charge in [-0.2, -0.15) is 5.10 Å². The lowest BCUT2D eigenvalue weighted by molar-refractivity contribution is -0.150. The summed E-state index contributed by atoms with van der Waals surface area (Å²) in [5.74, 6) is -0.308. The Kier molecular flexibility index (Phi) is 4.75. The van der Waals surface area contributed by atoms with E-state index < -0.39 is 11.4 Å². The lowest BCUT2D eigenvalue weighted by Crippen LogP contribution is -2.47. The zero-order chi connectivity index (χ0) is 15.5. The lowest BCUT2D eigenvalue weighted by Gasteiger charge is -2.38. The van der Waals surface area contributed by atoms with Crippen molar-refractivity contribution in [1.82, 2.24) is 15.2 Å². The molecule has 1 aromatic heterocycles. The van der Waals surface area contributed by atoms with E-state index in [0.29, 0.717) is 12.4 Å². The number of hydrogen-bond acceptors (Lipinski definition) is 5. The highest BCUT2D eigenvalue weighted by atomic mass is 16.4. The van der Waals surface area contributed by atoms with Crippen molar-refractivity contribution < 1.29 is 9.90 Å². The van der Waals surface area contributed by atoms with E-state index in [0.717, 1.165) is 43.5 Å². The molecule has 0 aliphatic heterocycles. The Hall–Kier alpha value is -1.72. The van der Waals surface area contributed by atoms with Crippen LogP contribution < -0.4 is 5.32 Å². The predicted octanol–water partition coefficient (Wildman–Crippen LogP) is 2.44. The minimum absolute atomic E-state index is 0.150. The van der Waals surface area contributed by atoms with Gasteiger partial charge in [-0.3, -0.25) is 4.79 Å². The van der Waals surface area contributed by atoms with Crippen molar-refractivity contribution in [2.75, 3.05) is 5.32 Å². The van der Waals surface area contributed by atoms with Crippen molar-refractivity contribution in [2.24, 2.45) is 5.41 Å². The van der Waals surface area contributed by atoms with Crippen molar-refractivity contribution in [3.8, 4) is 0 Å². The molecule has 1 heterocycles. The number of anilines is 1. The fraction of sp³-hybridized carbons (Fsp3) is 0.733. The van der Waals surface area contributed by atoms with Crippen LogP contribution in [0.1, 0.15) is 57.8 Å².